The number of rotatable bonds is 5. The second-order valence-electron chi connectivity index (χ2n) is 7.12. The average Bonchev–Trinajstić information content (AvgIpc) is 3.13. The summed E-state index contributed by atoms with van der Waals surface area (Å²) in [5.41, 5.74) is 8.37. The Bertz CT molecular complexity index is 939. The maximum absolute atomic E-state index is 11.5. The third-order valence-corrected chi connectivity index (χ3v) is 4.28. The van der Waals surface area contributed by atoms with E-state index in [1.807, 2.05) is 24.3 Å². The number of carbonyl (C=O) groups is 1. The summed E-state index contributed by atoms with van der Waals surface area (Å²) >= 11 is 6.47. The van der Waals surface area contributed by atoms with Gasteiger partial charge in [0.25, 0.3) is 0 Å². The molecule has 0 radical (unpaired) electrons. The normalized spacial score (nSPS) is 11.9. The highest BCUT2D eigenvalue weighted by atomic mass is 35.5. The lowest BCUT2D eigenvalue weighted by Gasteiger charge is -2.16. The fraction of sp³-hybridized carbons (Fsp3) is 0.389. The standard InChI is InChI=1S/C18H22ClN5O2/c1-18(2,3)15-14(19)17-21-16(23-24(17)22-15)12-6-4-5-11(9-12)10-26-13(25)7-8-20/h4-6,9,22H,7-8,10,20H2,1-3H3. The molecule has 138 valence electrons. The monoisotopic (exact) mass is 375 g/mol. The minimum Gasteiger partial charge on any atom is -0.461 e. The Morgan fingerprint density at radius 3 is 2.81 bits per heavy atom. The number of fused-ring (bicyclic) bond motifs is 1. The first kappa shape index (κ1) is 18.4. The van der Waals surface area contributed by atoms with Gasteiger partial charge in [0.05, 0.1) is 12.1 Å². The van der Waals surface area contributed by atoms with Crippen molar-refractivity contribution in [1.29, 1.82) is 0 Å². The van der Waals surface area contributed by atoms with Gasteiger partial charge in [0.2, 0.25) is 0 Å². The third kappa shape index (κ3) is 3.73. The summed E-state index contributed by atoms with van der Waals surface area (Å²) in [7, 11) is 0. The summed E-state index contributed by atoms with van der Waals surface area (Å²) < 4.78 is 6.77. The van der Waals surface area contributed by atoms with Crippen molar-refractivity contribution in [3.05, 3.63) is 40.5 Å². The predicted molar refractivity (Wildman–Crippen MR) is 100.0 cm³/mol. The van der Waals surface area contributed by atoms with Crippen LogP contribution in [0.5, 0.6) is 0 Å². The summed E-state index contributed by atoms with van der Waals surface area (Å²) in [5, 5.41) is 8.25. The van der Waals surface area contributed by atoms with Crippen molar-refractivity contribution in [3.63, 3.8) is 0 Å². The number of aromatic nitrogens is 4. The van der Waals surface area contributed by atoms with E-state index in [1.165, 1.54) is 0 Å². The molecular formula is C18H22ClN5O2. The Morgan fingerprint density at radius 1 is 1.38 bits per heavy atom. The molecule has 0 saturated carbocycles. The van der Waals surface area contributed by atoms with Gasteiger partial charge >= 0.3 is 5.97 Å². The molecule has 0 aliphatic heterocycles. The van der Waals surface area contributed by atoms with Gasteiger partial charge in [-0.3, -0.25) is 9.89 Å². The molecule has 0 atom stereocenters. The van der Waals surface area contributed by atoms with Crippen LogP contribution in [-0.2, 0) is 21.6 Å². The first-order chi connectivity index (χ1) is 12.3. The van der Waals surface area contributed by atoms with E-state index in [9.17, 15) is 4.79 Å². The molecule has 26 heavy (non-hydrogen) atoms. The van der Waals surface area contributed by atoms with Crippen LogP contribution < -0.4 is 5.73 Å². The summed E-state index contributed by atoms with van der Waals surface area (Å²) in [6.07, 6.45) is 0.210. The second-order valence-corrected chi connectivity index (χ2v) is 7.50. The number of nitrogens with one attached hydrogen (secondary N) is 1. The highest BCUT2D eigenvalue weighted by molar-refractivity contribution is 6.34. The first-order valence-electron chi connectivity index (χ1n) is 8.39. The van der Waals surface area contributed by atoms with Crippen LogP contribution in [0.15, 0.2) is 24.3 Å². The van der Waals surface area contributed by atoms with Crippen molar-refractivity contribution in [2.45, 2.75) is 39.2 Å². The number of nitrogens with two attached hydrogens (primary N) is 1. The molecule has 1 aromatic carbocycles. The predicted octanol–water partition coefficient (Wildman–Crippen LogP) is 3.07. The van der Waals surface area contributed by atoms with Crippen LogP contribution in [0.4, 0.5) is 0 Å². The number of H-pyrrole nitrogens is 1. The minimum absolute atomic E-state index is 0.132. The van der Waals surface area contributed by atoms with Crippen LogP contribution in [0.2, 0.25) is 5.02 Å². The van der Waals surface area contributed by atoms with Gasteiger partial charge in [-0.2, -0.15) is 4.63 Å². The zero-order valence-electron chi connectivity index (χ0n) is 15.0. The van der Waals surface area contributed by atoms with Gasteiger partial charge in [-0.1, -0.05) is 50.6 Å². The topological polar surface area (TPSA) is 98.3 Å². The van der Waals surface area contributed by atoms with Crippen LogP contribution >= 0.6 is 11.6 Å². The van der Waals surface area contributed by atoms with Gasteiger partial charge in [0.1, 0.15) is 11.6 Å². The van der Waals surface area contributed by atoms with E-state index in [1.54, 1.807) is 4.63 Å². The van der Waals surface area contributed by atoms with E-state index in [0.717, 1.165) is 16.8 Å². The number of hydrogen-bond acceptors (Lipinski definition) is 5. The molecule has 0 aliphatic carbocycles. The highest BCUT2D eigenvalue weighted by Crippen LogP contribution is 2.31. The Labute approximate surface area is 156 Å². The molecule has 0 saturated heterocycles. The van der Waals surface area contributed by atoms with Crippen molar-refractivity contribution in [2.75, 3.05) is 6.54 Å². The van der Waals surface area contributed by atoms with E-state index in [2.05, 4.69) is 36.0 Å². The van der Waals surface area contributed by atoms with Gasteiger partial charge in [-0.05, 0) is 11.6 Å². The van der Waals surface area contributed by atoms with Crippen LogP contribution in [0.25, 0.3) is 17.0 Å². The molecule has 2 aromatic heterocycles. The number of aromatic amines is 1. The zero-order valence-corrected chi connectivity index (χ0v) is 15.8. The van der Waals surface area contributed by atoms with Crippen LogP contribution in [0, 0.1) is 0 Å². The number of hydrogen-bond donors (Lipinski definition) is 2. The van der Waals surface area contributed by atoms with Crippen LogP contribution in [0.3, 0.4) is 0 Å². The molecule has 0 unspecified atom stereocenters. The summed E-state index contributed by atoms with van der Waals surface area (Å²) in [5.74, 6) is 0.238. The number of nitrogens with zero attached hydrogens (tertiary/aromatic N) is 3. The third-order valence-electron chi connectivity index (χ3n) is 3.92. The minimum atomic E-state index is -0.312. The molecule has 2 heterocycles. The number of carbonyl (C=O) groups excluding carboxylic acids is 1. The van der Waals surface area contributed by atoms with Crippen LogP contribution in [-0.4, -0.2) is 32.3 Å². The fourth-order valence-corrected chi connectivity index (χ4v) is 3.02. The van der Waals surface area contributed by atoms with Crippen molar-refractivity contribution in [2.24, 2.45) is 5.73 Å². The largest absolute Gasteiger partial charge is 0.461 e. The van der Waals surface area contributed by atoms with E-state index in [-0.39, 0.29) is 31.0 Å². The van der Waals surface area contributed by atoms with Gasteiger partial charge in [0, 0.05) is 17.5 Å². The van der Waals surface area contributed by atoms with Gasteiger partial charge in [-0.15, -0.1) is 5.10 Å². The molecule has 0 fully saturated rings. The second kappa shape index (κ2) is 7.09. The summed E-state index contributed by atoms with van der Waals surface area (Å²) in [4.78, 5) is 16.0. The molecule has 0 amide bonds. The fourth-order valence-electron chi connectivity index (χ4n) is 2.57. The number of ether oxygens (including phenoxy) is 1. The maximum Gasteiger partial charge on any atom is 0.307 e. The first-order valence-corrected chi connectivity index (χ1v) is 8.77. The quantitative estimate of drug-likeness (QED) is 0.668. The Morgan fingerprint density at radius 2 is 2.15 bits per heavy atom. The molecular weight excluding hydrogens is 354 g/mol. The lowest BCUT2D eigenvalue weighted by molar-refractivity contribution is -0.144. The smallest absolute Gasteiger partial charge is 0.307 e. The Kier molecular flexibility index (Phi) is 5.02. The molecule has 3 rings (SSSR count). The highest BCUT2D eigenvalue weighted by Gasteiger charge is 2.24. The maximum atomic E-state index is 11.5. The summed E-state index contributed by atoms with van der Waals surface area (Å²) in [6.45, 7) is 6.68. The van der Waals surface area contributed by atoms with Gasteiger partial charge < -0.3 is 10.5 Å². The molecule has 0 aliphatic rings. The lowest BCUT2D eigenvalue weighted by Crippen LogP contribution is -2.13. The lowest BCUT2D eigenvalue weighted by atomic mass is 9.92. The van der Waals surface area contributed by atoms with E-state index >= 15 is 0 Å². The van der Waals surface area contributed by atoms with E-state index in [4.69, 9.17) is 22.1 Å². The van der Waals surface area contributed by atoms with Crippen molar-refractivity contribution in [1.82, 2.24) is 19.8 Å². The van der Waals surface area contributed by atoms with E-state index in [0.29, 0.717) is 16.5 Å². The van der Waals surface area contributed by atoms with Gasteiger partial charge in [0.15, 0.2) is 11.5 Å². The average molecular weight is 376 g/mol. The molecule has 8 heteroatoms. The van der Waals surface area contributed by atoms with Crippen molar-refractivity contribution < 1.29 is 9.53 Å². The Hall–Kier alpha value is -2.38. The zero-order chi connectivity index (χ0) is 18.9. The SMILES string of the molecule is CC(C)(C)c1[nH]n2nc(-c3cccc(COC(=O)CCN)c3)nc2c1Cl. The van der Waals surface area contributed by atoms with E-state index < -0.39 is 0 Å². The molecule has 3 aromatic rings. The van der Waals surface area contributed by atoms with Crippen LogP contribution in [0.1, 0.15) is 38.4 Å². The number of esters is 1. The van der Waals surface area contributed by atoms with Crippen molar-refractivity contribution >= 4 is 23.2 Å². The summed E-state index contributed by atoms with van der Waals surface area (Å²) in [6, 6.07) is 7.55. The number of halogens is 1. The molecule has 0 spiro atoms. The number of benzene rings is 1. The molecule has 3 N–H and O–H groups in total. The van der Waals surface area contributed by atoms with Crippen molar-refractivity contribution in [3.8, 4) is 11.4 Å². The molecule has 7 nitrogen and oxygen atoms in total. The van der Waals surface area contributed by atoms with Gasteiger partial charge in [-0.25, -0.2) is 4.98 Å². The molecule has 0 bridgehead atoms. The Balaban J connectivity index is 1.85.